The summed E-state index contributed by atoms with van der Waals surface area (Å²) in [7, 11) is 0. The second kappa shape index (κ2) is 4.29. The molecule has 1 heterocycles. The van der Waals surface area contributed by atoms with Crippen molar-refractivity contribution in [2.24, 2.45) is 0 Å². The van der Waals surface area contributed by atoms with E-state index in [9.17, 15) is 18.0 Å². The molecule has 0 atom stereocenters. The monoisotopic (exact) mass is 254 g/mol. The van der Waals surface area contributed by atoms with E-state index in [0.29, 0.717) is 6.29 Å². The summed E-state index contributed by atoms with van der Waals surface area (Å²) in [6, 6.07) is 3.38. The van der Waals surface area contributed by atoms with Crippen LogP contribution < -0.4 is 0 Å². The summed E-state index contributed by atoms with van der Waals surface area (Å²) < 4.78 is 39.8. The van der Waals surface area contributed by atoms with Gasteiger partial charge in [-0.05, 0) is 30.7 Å². The van der Waals surface area contributed by atoms with E-state index in [1.165, 1.54) is 24.5 Å². The summed E-state index contributed by atoms with van der Waals surface area (Å²) in [5.74, 6) is 0. The number of aryl methyl sites for hydroxylation is 1. The normalized spacial score (nSPS) is 11.6. The van der Waals surface area contributed by atoms with Crippen LogP contribution >= 0.6 is 0 Å². The van der Waals surface area contributed by atoms with Crippen LogP contribution in [-0.2, 0) is 6.18 Å². The molecular formula is C12H9F3N2O. The molecule has 0 fully saturated rings. The topological polar surface area (TPSA) is 34.9 Å². The van der Waals surface area contributed by atoms with Crippen molar-refractivity contribution < 1.29 is 18.0 Å². The van der Waals surface area contributed by atoms with Gasteiger partial charge in [0.15, 0.2) is 0 Å². The van der Waals surface area contributed by atoms with Crippen LogP contribution in [0.25, 0.3) is 5.69 Å². The number of aromatic nitrogens is 2. The van der Waals surface area contributed by atoms with Gasteiger partial charge in [-0.1, -0.05) is 0 Å². The fraction of sp³-hybridized carbons (Fsp3) is 0.167. The highest BCUT2D eigenvalue weighted by atomic mass is 19.4. The van der Waals surface area contributed by atoms with Gasteiger partial charge in [0.25, 0.3) is 0 Å². The van der Waals surface area contributed by atoms with E-state index in [0.717, 1.165) is 16.3 Å². The molecule has 0 aliphatic heterocycles. The minimum Gasteiger partial charge on any atom is -0.298 e. The van der Waals surface area contributed by atoms with Crippen molar-refractivity contribution in [3.05, 3.63) is 47.3 Å². The maximum Gasteiger partial charge on any atom is 0.418 e. The Morgan fingerprint density at radius 2 is 2.06 bits per heavy atom. The maximum absolute atomic E-state index is 12.9. The maximum atomic E-state index is 12.9. The van der Waals surface area contributed by atoms with E-state index in [-0.39, 0.29) is 11.3 Å². The lowest BCUT2D eigenvalue weighted by atomic mass is 10.1. The molecule has 2 rings (SSSR count). The number of hydrogen-bond acceptors (Lipinski definition) is 2. The SMILES string of the molecule is Cc1cnn(-c2ccc(C=O)cc2C(F)(F)F)c1. The molecule has 1 aromatic carbocycles. The van der Waals surface area contributed by atoms with Gasteiger partial charge in [0.2, 0.25) is 0 Å². The van der Waals surface area contributed by atoms with Crippen LogP contribution in [0.15, 0.2) is 30.6 Å². The highest BCUT2D eigenvalue weighted by Crippen LogP contribution is 2.34. The smallest absolute Gasteiger partial charge is 0.298 e. The Labute approximate surface area is 101 Å². The van der Waals surface area contributed by atoms with Crippen molar-refractivity contribution in [3.8, 4) is 5.69 Å². The second-order valence-corrected chi connectivity index (χ2v) is 3.85. The molecule has 0 bridgehead atoms. The molecule has 0 aliphatic rings. The highest BCUT2D eigenvalue weighted by Gasteiger charge is 2.34. The predicted molar refractivity (Wildman–Crippen MR) is 58.7 cm³/mol. The van der Waals surface area contributed by atoms with Crippen molar-refractivity contribution >= 4 is 6.29 Å². The largest absolute Gasteiger partial charge is 0.418 e. The summed E-state index contributed by atoms with van der Waals surface area (Å²) in [4.78, 5) is 10.5. The van der Waals surface area contributed by atoms with Gasteiger partial charge < -0.3 is 0 Å². The van der Waals surface area contributed by atoms with Gasteiger partial charge in [0.1, 0.15) is 6.29 Å². The van der Waals surface area contributed by atoms with Crippen LogP contribution in [0.1, 0.15) is 21.5 Å². The number of halogens is 3. The van der Waals surface area contributed by atoms with Crippen LogP contribution in [0.3, 0.4) is 0 Å². The Balaban J connectivity index is 2.63. The molecule has 3 nitrogen and oxygen atoms in total. The first-order valence-corrected chi connectivity index (χ1v) is 5.10. The first-order valence-electron chi connectivity index (χ1n) is 5.10. The first kappa shape index (κ1) is 12.3. The molecule has 0 spiro atoms. The molecule has 18 heavy (non-hydrogen) atoms. The van der Waals surface area contributed by atoms with Gasteiger partial charge in [0, 0.05) is 11.8 Å². The van der Waals surface area contributed by atoms with E-state index in [1.807, 2.05) is 0 Å². The Morgan fingerprint density at radius 3 is 2.56 bits per heavy atom. The summed E-state index contributed by atoms with van der Waals surface area (Å²) in [6.45, 7) is 1.73. The van der Waals surface area contributed by atoms with E-state index in [2.05, 4.69) is 5.10 Å². The molecule has 0 aliphatic carbocycles. The Morgan fingerprint density at radius 1 is 1.33 bits per heavy atom. The summed E-state index contributed by atoms with van der Waals surface area (Å²) in [5, 5.41) is 3.84. The van der Waals surface area contributed by atoms with Crippen LogP contribution in [0.4, 0.5) is 13.2 Å². The third-order valence-corrected chi connectivity index (χ3v) is 2.42. The van der Waals surface area contributed by atoms with Gasteiger partial charge >= 0.3 is 6.18 Å². The lowest BCUT2D eigenvalue weighted by Gasteiger charge is -2.13. The Hall–Kier alpha value is -2.11. The first-order chi connectivity index (χ1) is 8.41. The van der Waals surface area contributed by atoms with Gasteiger partial charge in [-0.2, -0.15) is 18.3 Å². The number of alkyl halides is 3. The molecule has 0 saturated heterocycles. The third kappa shape index (κ3) is 2.27. The fourth-order valence-electron chi connectivity index (χ4n) is 1.60. The van der Waals surface area contributed by atoms with E-state index in [4.69, 9.17) is 0 Å². The lowest BCUT2D eigenvalue weighted by Crippen LogP contribution is -2.11. The number of aldehydes is 1. The molecule has 0 radical (unpaired) electrons. The molecule has 2 aromatic rings. The van der Waals surface area contributed by atoms with E-state index >= 15 is 0 Å². The van der Waals surface area contributed by atoms with Crippen molar-refractivity contribution in [2.75, 3.05) is 0 Å². The molecule has 94 valence electrons. The van der Waals surface area contributed by atoms with E-state index in [1.54, 1.807) is 6.92 Å². The number of rotatable bonds is 2. The summed E-state index contributed by atoms with van der Waals surface area (Å²) in [5.41, 5.74) is -0.242. The molecule has 0 amide bonds. The standard InChI is InChI=1S/C12H9F3N2O/c1-8-5-16-17(6-8)11-3-2-9(7-18)4-10(11)12(13,14)15/h2-7H,1H3. The van der Waals surface area contributed by atoms with Gasteiger partial charge in [-0.3, -0.25) is 4.79 Å². The molecule has 0 saturated carbocycles. The van der Waals surface area contributed by atoms with Crippen LogP contribution in [0, 0.1) is 6.92 Å². The molecule has 0 unspecified atom stereocenters. The Bertz CT molecular complexity index is 587. The average molecular weight is 254 g/mol. The number of hydrogen-bond donors (Lipinski definition) is 0. The van der Waals surface area contributed by atoms with Crippen LogP contribution in [0.2, 0.25) is 0 Å². The lowest BCUT2D eigenvalue weighted by molar-refractivity contribution is -0.137. The minimum atomic E-state index is -4.53. The summed E-state index contributed by atoms with van der Waals surface area (Å²) in [6.07, 6.45) is -1.19. The van der Waals surface area contributed by atoms with Crippen LogP contribution in [0.5, 0.6) is 0 Å². The average Bonchev–Trinajstić information content (AvgIpc) is 2.74. The molecule has 1 aromatic heterocycles. The van der Waals surface area contributed by atoms with Gasteiger partial charge in [-0.15, -0.1) is 0 Å². The van der Waals surface area contributed by atoms with Gasteiger partial charge in [0.05, 0.1) is 17.4 Å². The second-order valence-electron chi connectivity index (χ2n) is 3.85. The van der Waals surface area contributed by atoms with Crippen LogP contribution in [-0.4, -0.2) is 16.1 Å². The quantitative estimate of drug-likeness (QED) is 0.772. The van der Waals surface area contributed by atoms with Crippen molar-refractivity contribution in [2.45, 2.75) is 13.1 Å². The number of carbonyl (C=O) groups excluding carboxylic acids is 1. The number of carbonyl (C=O) groups is 1. The predicted octanol–water partition coefficient (Wildman–Crippen LogP) is 3.01. The van der Waals surface area contributed by atoms with E-state index < -0.39 is 11.7 Å². The van der Waals surface area contributed by atoms with Crippen molar-refractivity contribution in [1.29, 1.82) is 0 Å². The van der Waals surface area contributed by atoms with Gasteiger partial charge in [-0.25, -0.2) is 4.68 Å². The van der Waals surface area contributed by atoms with Crippen molar-refractivity contribution in [1.82, 2.24) is 9.78 Å². The fourth-order valence-corrected chi connectivity index (χ4v) is 1.60. The highest BCUT2D eigenvalue weighted by molar-refractivity contribution is 5.76. The molecular weight excluding hydrogens is 245 g/mol. The molecule has 0 N–H and O–H groups in total. The summed E-state index contributed by atoms with van der Waals surface area (Å²) >= 11 is 0. The number of benzene rings is 1. The minimum absolute atomic E-state index is 0.0186. The Kier molecular flexibility index (Phi) is 2.94. The zero-order valence-electron chi connectivity index (χ0n) is 9.40. The zero-order valence-corrected chi connectivity index (χ0v) is 9.40. The third-order valence-electron chi connectivity index (χ3n) is 2.42. The van der Waals surface area contributed by atoms with Crippen molar-refractivity contribution in [3.63, 3.8) is 0 Å². The zero-order chi connectivity index (χ0) is 13.3. The number of nitrogens with zero attached hydrogens (tertiary/aromatic N) is 2. The molecule has 6 heteroatoms.